The molecular formula is C28H22Cl2F2N2OS. The highest BCUT2D eigenvalue weighted by atomic mass is 35.5. The maximum absolute atomic E-state index is 14.5. The summed E-state index contributed by atoms with van der Waals surface area (Å²) in [5.41, 5.74) is 3.35. The van der Waals surface area contributed by atoms with E-state index in [4.69, 9.17) is 28.2 Å². The zero-order chi connectivity index (χ0) is 25.4. The van der Waals surface area contributed by atoms with Crippen LogP contribution in [0.25, 0.3) is 5.69 Å². The van der Waals surface area contributed by atoms with Crippen LogP contribution in [0.2, 0.25) is 10.0 Å². The van der Waals surface area contributed by atoms with Crippen molar-refractivity contribution in [1.82, 2.24) is 9.55 Å². The van der Waals surface area contributed by atoms with Crippen molar-refractivity contribution in [3.8, 4) is 5.69 Å². The normalized spacial score (nSPS) is 17.1. The van der Waals surface area contributed by atoms with E-state index in [0.29, 0.717) is 39.3 Å². The second-order valence-electron chi connectivity index (χ2n) is 8.90. The molecule has 0 amide bonds. The second-order valence-corrected chi connectivity index (χ2v) is 10.7. The highest BCUT2D eigenvalue weighted by Gasteiger charge is 2.43. The van der Waals surface area contributed by atoms with Gasteiger partial charge < -0.3 is 4.79 Å². The summed E-state index contributed by atoms with van der Waals surface area (Å²) >= 11 is 13.9. The minimum absolute atomic E-state index is 0.247. The number of hydrogen-bond donors (Lipinski definition) is 0. The van der Waals surface area contributed by atoms with E-state index in [0.717, 1.165) is 35.2 Å². The predicted octanol–water partition coefficient (Wildman–Crippen LogP) is 7.88. The van der Waals surface area contributed by atoms with Gasteiger partial charge in [-0.05, 0) is 79.8 Å². The first kappa shape index (κ1) is 25.0. The molecule has 4 aromatic rings. The van der Waals surface area contributed by atoms with Crippen molar-refractivity contribution in [1.29, 1.82) is 0 Å². The molecule has 8 heteroatoms. The predicted molar refractivity (Wildman–Crippen MR) is 140 cm³/mol. The van der Waals surface area contributed by atoms with Crippen LogP contribution in [-0.2, 0) is 22.4 Å². The third-order valence-corrected chi connectivity index (χ3v) is 8.44. The van der Waals surface area contributed by atoms with Gasteiger partial charge in [0.1, 0.15) is 17.9 Å². The zero-order valence-corrected chi connectivity index (χ0v) is 21.7. The Bertz CT molecular complexity index is 1430. The van der Waals surface area contributed by atoms with Crippen LogP contribution in [0.3, 0.4) is 0 Å². The van der Waals surface area contributed by atoms with Crippen molar-refractivity contribution in [2.75, 3.05) is 0 Å². The Morgan fingerprint density at radius 2 is 1.86 bits per heavy atom. The maximum Gasteiger partial charge on any atom is 0.173 e. The molecule has 0 saturated carbocycles. The van der Waals surface area contributed by atoms with Crippen molar-refractivity contribution in [3.63, 3.8) is 0 Å². The van der Waals surface area contributed by atoms with Gasteiger partial charge in [0.25, 0.3) is 0 Å². The van der Waals surface area contributed by atoms with Gasteiger partial charge in [0, 0.05) is 27.0 Å². The van der Waals surface area contributed by atoms with Gasteiger partial charge in [-0.1, -0.05) is 53.2 Å². The smallest absolute Gasteiger partial charge is 0.173 e. The number of rotatable bonds is 6. The van der Waals surface area contributed by atoms with Gasteiger partial charge in [-0.3, -0.25) is 4.57 Å². The van der Waals surface area contributed by atoms with Crippen LogP contribution in [-0.4, -0.2) is 15.8 Å². The molecule has 0 spiro atoms. The van der Waals surface area contributed by atoms with Crippen LogP contribution in [0.15, 0.2) is 65.8 Å². The molecule has 3 nitrogen and oxygen atoms in total. The molecule has 0 bridgehead atoms. The van der Waals surface area contributed by atoms with Gasteiger partial charge >= 0.3 is 0 Å². The van der Waals surface area contributed by atoms with Crippen molar-refractivity contribution in [3.05, 3.63) is 110 Å². The lowest BCUT2D eigenvalue weighted by Gasteiger charge is -2.34. The fraction of sp³-hybridized carbons (Fsp3) is 0.214. The number of hydrogen-bond acceptors (Lipinski definition) is 3. The average Bonchev–Trinajstić information content (AvgIpc) is 3.25. The van der Waals surface area contributed by atoms with Gasteiger partial charge in [-0.15, -0.1) is 0 Å². The standard InChI is InChI=1S/C28H22Cl2F2N2OS/c1-17-14-18(7-12-22(17)29)28(16-35)13-3-6-25-26(28)34(20-10-8-19(31)9-11-20)27(33-25)36-15-21-23(30)4-2-5-24(21)32/h2,4-5,7-12,14,16H,3,6,13,15H2,1H3. The van der Waals surface area contributed by atoms with E-state index in [1.165, 1.54) is 30.0 Å². The zero-order valence-electron chi connectivity index (χ0n) is 19.4. The third-order valence-electron chi connectivity index (χ3n) is 6.69. The molecule has 0 radical (unpaired) electrons. The molecule has 1 aliphatic carbocycles. The van der Waals surface area contributed by atoms with Crippen LogP contribution in [0.5, 0.6) is 0 Å². The van der Waals surface area contributed by atoms with E-state index in [1.54, 1.807) is 30.3 Å². The summed E-state index contributed by atoms with van der Waals surface area (Å²) < 4.78 is 30.2. The van der Waals surface area contributed by atoms with Crippen LogP contribution in [0.4, 0.5) is 8.78 Å². The van der Waals surface area contributed by atoms with E-state index in [2.05, 4.69) is 0 Å². The molecule has 0 fully saturated rings. The number of aryl methyl sites for hydroxylation is 2. The number of nitrogens with zero attached hydrogens (tertiary/aromatic N) is 2. The highest BCUT2D eigenvalue weighted by Crippen LogP contribution is 2.45. The number of carbonyl (C=O) groups is 1. The second kappa shape index (κ2) is 10.0. The Morgan fingerprint density at radius 1 is 1.08 bits per heavy atom. The molecule has 0 N–H and O–H groups in total. The number of aromatic nitrogens is 2. The number of imidazole rings is 1. The summed E-state index contributed by atoms with van der Waals surface area (Å²) in [5.74, 6) is -0.509. The molecule has 1 aromatic heterocycles. The topological polar surface area (TPSA) is 34.9 Å². The van der Waals surface area contributed by atoms with Crippen LogP contribution >= 0.6 is 35.0 Å². The molecule has 1 heterocycles. The summed E-state index contributed by atoms with van der Waals surface area (Å²) in [6, 6.07) is 16.3. The monoisotopic (exact) mass is 542 g/mol. The summed E-state index contributed by atoms with van der Waals surface area (Å²) in [6.07, 6.45) is 3.05. The highest BCUT2D eigenvalue weighted by molar-refractivity contribution is 7.98. The van der Waals surface area contributed by atoms with E-state index in [1.807, 2.05) is 23.6 Å². The number of thioether (sulfide) groups is 1. The SMILES string of the molecule is Cc1cc(C2(C=O)CCCc3nc(SCc4c(F)cccc4Cl)n(-c4ccc(F)cc4)c32)ccc1Cl. The van der Waals surface area contributed by atoms with Crippen molar-refractivity contribution in [2.45, 2.75) is 42.5 Å². The molecule has 0 saturated heterocycles. The molecule has 36 heavy (non-hydrogen) atoms. The summed E-state index contributed by atoms with van der Waals surface area (Å²) in [7, 11) is 0. The quantitative estimate of drug-likeness (QED) is 0.183. The Morgan fingerprint density at radius 3 is 2.56 bits per heavy atom. The Balaban J connectivity index is 1.70. The Hall–Kier alpha value is -2.67. The van der Waals surface area contributed by atoms with Gasteiger partial charge in [0.05, 0.1) is 16.8 Å². The van der Waals surface area contributed by atoms with Crippen molar-refractivity contribution >= 4 is 41.2 Å². The van der Waals surface area contributed by atoms with E-state index in [9.17, 15) is 13.6 Å². The van der Waals surface area contributed by atoms with Crippen molar-refractivity contribution in [2.24, 2.45) is 0 Å². The molecule has 1 aliphatic rings. The lowest BCUT2D eigenvalue weighted by atomic mass is 9.70. The molecule has 3 aromatic carbocycles. The number of aldehydes is 1. The fourth-order valence-corrected chi connectivity index (χ4v) is 6.34. The minimum Gasteiger partial charge on any atom is -0.302 e. The number of halogens is 4. The fourth-order valence-electron chi connectivity index (χ4n) is 4.85. The molecule has 1 atom stereocenters. The molecule has 184 valence electrons. The van der Waals surface area contributed by atoms with Crippen LogP contribution in [0, 0.1) is 18.6 Å². The summed E-state index contributed by atoms with van der Waals surface area (Å²) in [6.45, 7) is 1.91. The average molecular weight is 543 g/mol. The first-order valence-electron chi connectivity index (χ1n) is 11.5. The lowest BCUT2D eigenvalue weighted by molar-refractivity contribution is -0.112. The summed E-state index contributed by atoms with van der Waals surface area (Å²) in [5, 5.41) is 1.55. The lowest BCUT2D eigenvalue weighted by Crippen LogP contribution is -2.36. The Kier molecular flexibility index (Phi) is 6.95. The van der Waals surface area contributed by atoms with Gasteiger partial charge in [-0.25, -0.2) is 13.8 Å². The molecule has 1 unspecified atom stereocenters. The first-order valence-corrected chi connectivity index (χ1v) is 13.2. The minimum atomic E-state index is -0.960. The van der Waals surface area contributed by atoms with Gasteiger partial charge in [0.2, 0.25) is 0 Å². The maximum atomic E-state index is 14.5. The van der Waals surface area contributed by atoms with Gasteiger partial charge in [0.15, 0.2) is 5.16 Å². The number of fused-ring (bicyclic) bond motifs is 1. The molecular weight excluding hydrogens is 521 g/mol. The Labute approximate surface area is 222 Å². The van der Waals surface area contributed by atoms with E-state index in [-0.39, 0.29) is 11.6 Å². The molecule has 0 aliphatic heterocycles. The number of carbonyl (C=O) groups excluding carboxylic acids is 1. The number of benzene rings is 3. The third kappa shape index (κ3) is 4.36. The van der Waals surface area contributed by atoms with Crippen LogP contribution in [0.1, 0.15) is 40.9 Å². The molecule has 5 rings (SSSR count). The van der Waals surface area contributed by atoms with E-state index >= 15 is 0 Å². The largest absolute Gasteiger partial charge is 0.302 e. The van der Waals surface area contributed by atoms with Crippen LogP contribution < -0.4 is 0 Å². The van der Waals surface area contributed by atoms with Crippen molar-refractivity contribution < 1.29 is 13.6 Å². The van der Waals surface area contributed by atoms with Gasteiger partial charge in [-0.2, -0.15) is 0 Å². The van der Waals surface area contributed by atoms with E-state index < -0.39 is 11.2 Å². The summed E-state index contributed by atoms with van der Waals surface area (Å²) in [4.78, 5) is 17.9. The first-order chi connectivity index (χ1) is 17.3.